The topological polar surface area (TPSA) is 15.3 Å². The number of nitrogens with zero attached hydrogens (tertiary/aromatic N) is 1. The van der Waals surface area contributed by atoms with Gasteiger partial charge >= 0.3 is 0 Å². The van der Waals surface area contributed by atoms with Crippen LogP contribution in [-0.4, -0.2) is 5.66 Å². The minimum absolute atomic E-state index is 0.0208. The molecule has 0 bridgehead atoms. The van der Waals surface area contributed by atoms with Crippen LogP contribution < -0.4 is 10.2 Å². The van der Waals surface area contributed by atoms with Crippen LogP contribution in [0, 0.1) is 5.92 Å². The standard InChI is InChI=1S/C28H28N2/c1-3-11-21(12-4-1)24-19-27(22-13-5-2-6-14-22)30-26-17-8-7-15-23(26)20-29-28(30)18-10-9-16-25(24)28/h1-8,11-15,17,19,24-25,29H,9-10,16,18,20H2. The first-order valence-corrected chi connectivity index (χ1v) is 11.3. The van der Waals surface area contributed by atoms with Crippen molar-refractivity contribution >= 4 is 11.4 Å². The van der Waals surface area contributed by atoms with Gasteiger partial charge in [0, 0.05) is 29.8 Å². The summed E-state index contributed by atoms with van der Waals surface area (Å²) in [5.74, 6) is 0.991. The Kier molecular flexibility index (Phi) is 4.28. The molecule has 150 valence electrons. The molecule has 0 saturated heterocycles. The van der Waals surface area contributed by atoms with Crippen LogP contribution in [0.3, 0.4) is 0 Å². The summed E-state index contributed by atoms with van der Waals surface area (Å²) in [5, 5.41) is 4.08. The minimum Gasteiger partial charge on any atom is -0.322 e. The maximum Gasteiger partial charge on any atom is 0.0997 e. The Hall–Kier alpha value is -2.84. The molecule has 3 atom stereocenters. The predicted octanol–water partition coefficient (Wildman–Crippen LogP) is 6.32. The van der Waals surface area contributed by atoms with Gasteiger partial charge in [0.1, 0.15) is 0 Å². The Balaban J connectivity index is 1.62. The van der Waals surface area contributed by atoms with Crippen molar-refractivity contribution < 1.29 is 0 Å². The molecule has 3 aromatic rings. The van der Waals surface area contributed by atoms with Crippen molar-refractivity contribution in [3.8, 4) is 0 Å². The van der Waals surface area contributed by atoms with Crippen LogP contribution >= 0.6 is 0 Å². The number of hydrogen-bond donors (Lipinski definition) is 1. The van der Waals surface area contributed by atoms with Crippen molar-refractivity contribution in [3.05, 3.63) is 108 Å². The molecule has 3 aromatic carbocycles. The number of anilines is 1. The minimum atomic E-state index is -0.0208. The van der Waals surface area contributed by atoms with Crippen molar-refractivity contribution in [2.45, 2.75) is 43.8 Å². The van der Waals surface area contributed by atoms with E-state index in [1.165, 1.54) is 53.8 Å². The van der Waals surface area contributed by atoms with E-state index >= 15 is 0 Å². The summed E-state index contributed by atoms with van der Waals surface area (Å²) in [6.45, 7) is 0.951. The van der Waals surface area contributed by atoms with Crippen LogP contribution in [0.5, 0.6) is 0 Å². The van der Waals surface area contributed by atoms with Gasteiger partial charge < -0.3 is 4.90 Å². The second-order valence-electron chi connectivity index (χ2n) is 8.95. The molecule has 3 aliphatic rings. The molecule has 1 N–H and O–H groups in total. The number of hydrogen-bond acceptors (Lipinski definition) is 2. The van der Waals surface area contributed by atoms with Crippen molar-refractivity contribution in [2.24, 2.45) is 5.92 Å². The Labute approximate surface area is 179 Å². The van der Waals surface area contributed by atoms with Gasteiger partial charge in [-0.1, -0.05) is 91.4 Å². The lowest BCUT2D eigenvalue weighted by Crippen LogP contribution is -2.68. The van der Waals surface area contributed by atoms with Crippen molar-refractivity contribution in [2.75, 3.05) is 4.90 Å². The van der Waals surface area contributed by atoms with E-state index in [1.54, 1.807) is 0 Å². The Morgan fingerprint density at radius 1 is 0.800 bits per heavy atom. The highest BCUT2D eigenvalue weighted by Crippen LogP contribution is 2.55. The highest BCUT2D eigenvalue weighted by molar-refractivity contribution is 5.85. The molecule has 3 unspecified atom stereocenters. The second-order valence-corrected chi connectivity index (χ2v) is 8.95. The third-order valence-electron chi connectivity index (χ3n) is 7.42. The highest BCUT2D eigenvalue weighted by atomic mass is 15.4. The first-order valence-electron chi connectivity index (χ1n) is 11.3. The van der Waals surface area contributed by atoms with E-state index in [4.69, 9.17) is 0 Å². The molecular formula is C28H28N2. The molecule has 1 aliphatic carbocycles. The van der Waals surface area contributed by atoms with E-state index in [2.05, 4.69) is 101 Å². The van der Waals surface area contributed by atoms with Crippen molar-refractivity contribution in [3.63, 3.8) is 0 Å². The lowest BCUT2D eigenvalue weighted by molar-refractivity contribution is 0.119. The summed E-state index contributed by atoms with van der Waals surface area (Å²) in [5.41, 5.74) is 6.85. The second kappa shape index (κ2) is 7.14. The van der Waals surface area contributed by atoms with Crippen LogP contribution in [0.1, 0.15) is 48.3 Å². The zero-order chi connectivity index (χ0) is 20.0. The SMILES string of the molecule is C1=C(c2ccccc2)N2c3ccccc3CNC23CCCCC3C1c1ccccc1. The van der Waals surface area contributed by atoms with Gasteiger partial charge in [0.15, 0.2) is 0 Å². The number of benzene rings is 3. The first-order chi connectivity index (χ1) is 14.9. The van der Waals surface area contributed by atoms with Gasteiger partial charge in [-0.2, -0.15) is 0 Å². The molecule has 2 heteroatoms. The number of para-hydroxylation sites is 1. The fourth-order valence-electron chi connectivity index (χ4n) is 6.12. The number of rotatable bonds is 2. The molecule has 2 heterocycles. The molecule has 6 rings (SSSR count). The molecule has 1 spiro atoms. The van der Waals surface area contributed by atoms with E-state index in [0.29, 0.717) is 11.8 Å². The Morgan fingerprint density at radius 2 is 1.53 bits per heavy atom. The largest absolute Gasteiger partial charge is 0.322 e. The maximum atomic E-state index is 4.08. The normalized spacial score (nSPS) is 27.5. The predicted molar refractivity (Wildman–Crippen MR) is 124 cm³/mol. The molecule has 0 aromatic heterocycles. The van der Waals surface area contributed by atoms with E-state index in [9.17, 15) is 0 Å². The molecule has 1 saturated carbocycles. The summed E-state index contributed by atoms with van der Waals surface area (Å²) in [6.07, 6.45) is 7.62. The average molecular weight is 393 g/mol. The highest BCUT2D eigenvalue weighted by Gasteiger charge is 2.54. The average Bonchev–Trinajstić information content (AvgIpc) is 2.83. The monoisotopic (exact) mass is 392 g/mol. The first kappa shape index (κ1) is 18.0. The van der Waals surface area contributed by atoms with E-state index in [-0.39, 0.29) is 5.66 Å². The summed E-state index contributed by atoms with van der Waals surface area (Å²) >= 11 is 0. The third-order valence-corrected chi connectivity index (χ3v) is 7.42. The summed E-state index contributed by atoms with van der Waals surface area (Å²) in [6, 6.07) is 31.1. The maximum absolute atomic E-state index is 4.08. The van der Waals surface area contributed by atoms with Crippen molar-refractivity contribution in [1.29, 1.82) is 0 Å². The number of allylic oxidation sites excluding steroid dienone is 1. The van der Waals surface area contributed by atoms with Crippen LogP contribution in [-0.2, 0) is 6.54 Å². The Bertz CT molecular complexity index is 1070. The van der Waals surface area contributed by atoms with Crippen LogP contribution in [0.2, 0.25) is 0 Å². The van der Waals surface area contributed by atoms with Crippen LogP contribution in [0.25, 0.3) is 5.70 Å². The lowest BCUT2D eigenvalue weighted by atomic mass is 9.65. The van der Waals surface area contributed by atoms with Gasteiger partial charge in [0.2, 0.25) is 0 Å². The third kappa shape index (κ3) is 2.67. The fraction of sp³-hybridized carbons (Fsp3) is 0.286. The van der Waals surface area contributed by atoms with E-state index in [0.717, 1.165) is 6.54 Å². The molecule has 2 aliphatic heterocycles. The summed E-state index contributed by atoms with van der Waals surface area (Å²) < 4.78 is 0. The Morgan fingerprint density at radius 3 is 2.37 bits per heavy atom. The van der Waals surface area contributed by atoms with Crippen LogP contribution in [0.15, 0.2) is 91.0 Å². The molecule has 2 nitrogen and oxygen atoms in total. The van der Waals surface area contributed by atoms with E-state index in [1.807, 2.05) is 0 Å². The summed E-state index contributed by atoms with van der Waals surface area (Å²) in [7, 11) is 0. The van der Waals surface area contributed by atoms with Gasteiger partial charge in [-0.25, -0.2) is 0 Å². The fourth-order valence-corrected chi connectivity index (χ4v) is 6.12. The lowest BCUT2D eigenvalue weighted by Gasteiger charge is -2.60. The molecule has 1 fully saturated rings. The van der Waals surface area contributed by atoms with E-state index < -0.39 is 0 Å². The van der Waals surface area contributed by atoms with Crippen molar-refractivity contribution in [1.82, 2.24) is 5.32 Å². The smallest absolute Gasteiger partial charge is 0.0997 e. The number of fused-ring (bicyclic) bond motifs is 2. The molecule has 0 amide bonds. The van der Waals surface area contributed by atoms with Gasteiger partial charge in [-0.3, -0.25) is 5.32 Å². The van der Waals surface area contributed by atoms with Gasteiger partial charge in [-0.15, -0.1) is 0 Å². The zero-order valence-electron chi connectivity index (χ0n) is 17.3. The molecule has 0 radical (unpaired) electrons. The number of nitrogens with one attached hydrogen (secondary N) is 1. The van der Waals surface area contributed by atoms with Gasteiger partial charge in [0.25, 0.3) is 0 Å². The molecule has 30 heavy (non-hydrogen) atoms. The summed E-state index contributed by atoms with van der Waals surface area (Å²) in [4.78, 5) is 2.67. The zero-order valence-corrected chi connectivity index (χ0v) is 17.3. The molecular weight excluding hydrogens is 364 g/mol. The van der Waals surface area contributed by atoms with Crippen LogP contribution in [0.4, 0.5) is 5.69 Å². The quantitative estimate of drug-likeness (QED) is 0.549. The van der Waals surface area contributed by atoms with Gasteiger partial charge in [-0.05, 0) is 42.0 Å². The van der Waals surface area contributed by atoms with Gasteiger partial charge in [0.05, 0.1) is 5.66 Å².